The van der Waals surface area contributed by atoms with Crippen LogP contribution in [0.2, 0.25) is 5.02 Å². The summed E-state index contributed by atoms with van der Waals surface area (Å²) in [4.78, 5) is 25.9. The van der Waals surface area contributed by atoms with E-state index < -0.39 is 0 Å². The monoisotopic (exact) mass is 450 g/mol. The standard InChI is InChI=1S/C24H23ClN4O3/c1-14-5-8-18(9-6-14)29-24-23(16(3)27-29)15(2)11-22(31)28(24)13-21(30)26-19-12-17(25)7-10-20(19)32-4/h5-12H,13H2,1-4H3,(H,26,30). The summed E-state index contributed by atoms with van der Waals surface area (Å²) in [6.07, 6.45) is 0. The lowest BCUT2D eigenvalue weighted by Crippen LogP contribution is -2.29. The molecule has 0 aliphatic heterocycles. The van der Waals surface area contributed by atoms with E-state index in [0.29, 0.717) is 22.1 Å². The third kappa shape index (κ3) is 3.99. The molecule has 1 amide bonds. The summed E-state index contributed by atoms with van der Waals surface area (Å²) in [5.41, 5.74) is 4.25. The van der Waals surface area contributed by atoms with Gasteiger partial charge in [-0.2, -0.15) is 5.10 Å². The molecule has 7 nitrogen and oxygen atoms in total. The molecule has 32 heavy (non-hydrogen) atoms. The second-order valence-corrected chi connectivity index (χ2v) is 8.11. The number of pyridine rings is 1. The largest absolute Gasteiger partial charge is 0.495 e. The van der Waals surface area contributed by atoms with Crippen molar-refractivity contribution in [3.63, 3.8) is 0 Å². The van der Waals surface area contributed by atoms with Crippen molar-refractivity contribution >= 4 is 34.2 Å². The number of amides is 1. The molecule has 0 fully saturated rings. The summed E-state index contributed by atoms with van der Waals surface area (Å²) < 4.78 is 8.45. The van der Waals surface area contributed by atoms with Crippen LogP contribution in [0.3, 0.4) is 0 Å². The molecule has 0 saturated carbocycles. The molecule has 0 bridgehead atoms. The summed E-state index contributed by atoms with van der Waals surface area (Å²) in [6.45, 7) is 5.58. The fourth-order valence-electron chi connectivity index (χ4n) is 3.80. The van der Waals surface area contributed by atoms with Crippen molar-refractivity contribution in [1.82, 2.24) is 14.3 Å². The first-order valence-corrected chi connectivity index (χ1v) is 10.5. The van der Waals surface area contributed by atoms with Gasteiger partial charge in [-0.25, -0.2) is 4.68 Å². The number of anilines is 1. The number of aromatic nitrogens is 3. The predicted octanol–water partition coefficient (Wildman–Crippen LogP) is 4.41. The van der Waals surface area contributed by atoms with Crippen LogP contribution in [-0.2, 0) is 11.3 Å². The molecule has 0 spiro atoms. The minimum atomic E-state index is -0.382. The Bertz CT molecular complexity index is 1390. The maximum absolute atomic E-state index is 13.0. The topological polar surface area (TPSA) is 78.2 Å². The van der Waals surface area contributed by atoms with Gasteiger partial charge in [0.1, 0.15) is 17.9 Å². The van der Waals surface area contributed by atoms with Crippen molar-refractivity contribution in [2.75, 3.05) is 12.4 Å². The number of carbonyl (C=O) groups excluding carboxylic acids is 1. The van der Waals surface area contributed by atoms with Gasteiger partial charge >= 0.3 is 0 Å². The number of hydrogen-bond acceptors (Lipinski definition) is 4. The maximum atomic E-state index is 13.0. The minimum absolute atomic E-state index is 0.192. The summed E-state index contributed by atoms with van der Waals surface area (Å²) in [5.74, 6) is 0.0943. The molecule has 2 heterocycles. The number of fused-ring (bicyclic) bond motifs is 1. The summed E-state index contributed by atoms with van der Waals surface area (Å²) in [5, 5.41) is 8.77. The summed E-state index contributed by atoms with van der Waals surface area (Å²) in [7, 11) is 1.51. The molecule has 2 aromatic heterocycles. The first-order chi connectivity index (χ1) is 15.3. The number of halogens is 1. The van der Waals surface area contributed by atoms with Crippen molar-refractivity contribution < 1.29 is 9.53 Å². The van der Waals surface area contributed by atoms with Gasteiger partial charge in [0.15, 0.2) is 0 Å². The smallest absolute Gasteiger partial charge is 0.252 e. The number of ether oxygens (including phenoxy) is 1. The fraction of sp³-hybridized carbons (Fsp3) is 0.208. The van der Waals surface area contributed by atoms with Crippen molar-refractivity contribution in [3.8, 4) is 11.4 Å². The average molecular weight is 451 g/mol. The predicted molar refractivity (Wildman–Crippen MR) is 126 cm³/mol. The molecule has 8 heteroatoms. The van der Waals surface area contributed by atoms with Crippen LogP contribution in [0.15, 0.2) is 53.3 Å². The summed E-state index contributed by atoms with van der Waals surface area (Å²) in [6, 6.07) is 14.3. The Morgan fingerprint density at radius 1 is 1.09 bits per heavy atom. The van der Waals surface area contributed by atoms with Crippen molar-refractivity contribution in [3.05, 3.63) is 80.7 Å². The van der Waals surface area contributed by atoms with E-state index in [1.165, 1.54) is 17.7 Å². The molecule has 0 atom stereocenters. The quantitative estimate of drug-likeness (QED) is 0.488. The molecule has 2 aromatic carbocycles. The second kappa shape index (κ2) is 8.51. The molecule has 0 aliphatic carbocycles. The number of benzene rings is 2. The van der Waals surface area contributed by atoms with E-state index in [-0.39, 0.29) is 18.0 Å². The molecule has 164 valence electrons. The Morgan fingerprint density at radius 2 is 1.81 bits per heavy atom. The normalized spacial score (nSPS) is 11.0. The number of methoxy groups -OCH3 is 1. The van der Waals surface area contributed by atoms with Gasteiger partial charge in [0.05, 0.1) is 24.2 Å². The first kappa shape index (κ1) is 21.6. The Hall–Kier alpha value is -3.58. The Morgan fingerprint density at radius 3 is 2.50 bits per heavy atom. The molecule has 0 unspecified atom stereocenters. The van der Waals surface area contributed by atoms with E-state index in [1.807, 2.05) is 45.0 Å². The van der Waals surface area contributed by atoms with Gasteiger partial charge in [0.2, 0.25) is 5.91 Å². The third-order valence-corrected chi connectivity index (χ3v) is 5.54. The molecule has 4 rings (SSSR count). The van der Waals surface area contributed by atoms with E-state index in [4.69, 9.17) is 16.3 Å². The number of carbonyl (C=O) groups is 1. The van der Waals surface area contributed by atoms with Crippen LogP contribution in [0.4, 0.5) is 5.69 Å². The number of nitrogens with zero attached hydrogens (tertiary/aromatic N) is 3. The lowest BCUT2D eigenvalue weighted by atomic mass is 10.1. The highest BCUT2D eigenvalue weighted by Crippen LogP contribution is 2.28. The van der Waals surface area contributed by atoms with Gasteiger partial charge in [-0.15, -0.1) is 0 Å². The zero-order valence-corrected chi connectivity index (χ0v) is 19.0. The van der Waals surface area contributed by atoms with Gasteiger partial charge in [0.25, 0.3) is 5.56 Å². The Kier molecular flexibility index (Phi) is 5.76. The summed E-state index contributed by atoms with van der Waals surface area (Å²) >= 11 is 6.07. The van der Waals surface area contributed by atoms with Crippen molar-refractivity contribution in [1.29, 1.82) is 0 Å². The van der Waals surface area contributed by atoms with Gasteiger partial charge in [-0.05, 0) is 56.7 Å². The average Bonchev–Trinajstić information content (AvgIpc) is 3.09. The van der Waals surface area contributed by atoms with Crippen LogP contribution >= 0.6 is 11.6 Å². The van der Waals surface area contributed by atoms with Gasteiger partial charge in [0, 0.05) is 16.5 Å². The van der Waals surface area contributed by atoms with Crippen LogP contribution in [0, 0.1) is 20.8 Å². The second-order valence-electron chi connectivity index (χ2n) is 7.68. The molecule has 0 saturated heterocycles. The van der Waals surface area contributed by atoms with E-state index in [0.717, 1.165) is 27.9 Å². The number of nitrogens with one attached hydrogen (secondary N) is 1. The maximum Gasteiger partial charge on any atom is 0.252 e. The van der Waals surface area contributed by atoms with Crippen molar-refractivity contribution in [2.45, 2.75) is 27.3 Å². The lowest BCUT2D eigenvalue weighted by molar-refractivity contribution is -0.116. The molecular weight excluding hydrogens is 428 g/mol. The number of aryl methyl sites for hydroxylation is 3. The van der Waals surface area contributed by atoms with Crippen LogP contribution < -0.4 is 15.6 Å². The minimum Gasteiger partial charge on any atom is -0.495 e. The van der Waals surface area contributed by atoms with Crippen LogP contribution in [0.25, 0.3) is 16.7 Å². The fourth-order valence-corrected chi connectivity index (χ4v) is 3.97. The van der Waals surface area contributed by atoms with Crippen molar-refractivity contribution in [2.24, 2.45) is 0 Å². The van der Waals surface area contributed by atoms with Gasteiger partial charge in [-0.1, -0.05) is 29.3 Å². The Labute approximate surface area is 190 Å². The highest BCUT2D eigenvalue weighted by molar-refractivity contribution is 6.31. The number of hydrogen-bond donors (Lipinski definition) is 1. The zero-order valence-electron chi connectivity index (χ0n) is 18.3. The van der Waals surface area contributed by atoms with E-state index in [1.54, 1.807) is 22.9 Å². The van der Waals surface area contributed by atoms with Gasteiger partial charge in [-0.3, -0.25) is 14.2 Å². The zero-order chi connectivity index (χ0) is 23.0. The van der Waals surface area contributed by atoms with E-state index >= 15 is 0 Å². The van der Waals surface area contributed by atoms with E-state index in [9.17, 15) is 9.59 Å². The first-order valence-electron chi connectivity index (χ1n) is 10.1. The number of rotatable bonds is 5. The lowest BCUT2D eigenvalue weighted by Gasteiger charge is -2.14. The molecule has 4 aromatic rings. The Balaban J connectivity index is 1.80. The third-order valence-electron chi connectivity index (χ3n) is 5.31. The molecular formula is C24H23ClN4O3. The highest BCUT2D eigenvalue weighted by Gasteiger charge is 2.19. The van der Waals surface area contributed by atoms with Crippen LogP contribution in [-0.4, -0.2) is 27.4 Å². The van der Waals surface area contributed by atoms with Crippen LogP contribution in [0.1, 0.15) is 16.8 Å². The highest BCUT2D eigenvalue weighted by atomic mass is 35.5. The van der Waals surface area contributed by atoms with Crippen LogP contribution in [0.5, 0.6) is 5.75 Å². The molecule has 0 radical (unpaired) electrons. The molecule has 1 N–H and O–H groups in total. The SMILES string of the molecule is COc1ccc(Cl)cc1NC(=O)Cn1c(=O)cc(C)c2c(C)nn(-c3ccc(C)cc3)c21. The van der Waals surface area contributed by atoms with E-state index in [2.05, 4.69) is 10.4 Å². The molecule has 0 aliphatic rings. The van der Waals surface area contributed by atoms with Gasteiger partial charge < -0.3 is 10.1 Å².